The second-order valence-corrected chi connectivity index (χ2v) is 11.6. The predicted octanol–water partition coefficient (Wildman–Crippen LogP) is 4.38. The Kier molecular flexibility index (Phi) is 11.3. The van der Waals surface area contributed by atoms with Crippen LogP contribution in [0.3, 0.4) is 0 Å². The summed E-state index contributed by atoms with van der Waals surface area (Å²) in [7, 11) is 0. The molecule has 1 aromatic heterocycles. The van der Waals surface area contributed by atoms with Crippen LogP contribution in [0.2, 0.25) is 5.15 Å². The van der Waals surface area contributed by atoms with Gasteiger partial charge in [0.1, 0.15) is 5.60 Å². The molecule has 230 valence electrons. The van der Waals surface area contributed by atoms with Crippen LogP contribution in [0.1, 0.15) is 65.2 Å². The molecule has 3 rings (SSSR count). The zero-order valence-electron chi connectivity index (χ0n) is 25.2. The zero-order valence-corrected chi connectivity index (χ0v) is 26.0. The van der Waals surface area contributed by atoms with Crippen LogP contribution in [0, 0.1) is 12.8 Å². The summed E-state index contributed by atoms with van der Waals surface area (Å²) in [4.78, 5) is 48.2. The highest BCUT2D eigenvalue weighted by atomic mass is 35.5. The van der Waals surface area contributed by atoms with E-state index in [1.54, 1.807) is 37.8 Å². The molecule has 1 heterocycles. The van der Waals surface area contributed by atoms with Crippen LogP contribution < -0.4 is 22.1 Å². The Morgan fingerprint density at radius 1 is 0.977 bits per heavy atom. The van der Waals surface area contributed by atoms with Gasteiger partial charge in [0.15, 0.2) is 22.5 Å². The highest BCUT2D eigenvalue weighted by molar-refractivity contribution is 6.31. The van der Waals surface area contributed by atoms with Gasteiger partial charge < -0.3 is 31.7 Å². The summed E-state index contributed by atoms with van der Waals surface area (Å²) in [5.41, 5.74) is 14.2. The van der Waals surface area contributed by atoms with E-state index in [1.165, 1.54) is 0 Å². The zero-order chi connectivity index (χ0) is 31.7. The van der Waals surface area contributed by atoms with Crippen molar-refractivity contribution < 1.29 is 19.1 Å². The smallest absolute Gasteiger partial charge is 0.410 e. The molecule has 0 aliphatic heterocycles. The van der Waals surface area contributed by atoms with E-state index in [4.69, 9.17) is 27.8 Å². The Morgan fingerprint density at radius 3 is 2.28 bits per heavy atom. The summed E-state index contributed by atoms with van der Waals surface area (Å²) in [6.45, 7) is 10.5. The number of nitrogen functional groups attached to an aromatic ring is 2. The first kappa shape index (κ1) is 33.1. The Bertz CT molecular complexity index is 1440. The maximum Gasteiger partial charge on any atom is 0.410 e. The summed E-state index contributed by atoms with van der Waals surface area (Å²) in [5.74, 6) is -1.17. The topological polar surface area (TPSA) is 166 Å². The number of benzene rings is 2. The molecule has 0 saturated carbocycles. The lowest BCUT2D eigenvalue weighted by atomic mass is 9.95. The van der Waals surface area contributed by atoms with Crippen LogP contribution in [0.15, 0.2) is 48.5 Å². The molecule has 1 unspecified atom stereocenters. The minimum atomic E-state index is -0.720. The molecule has 0 radical (unpaired) electrons. The third-order valence-electron chi connectivity index (χ3n) is 6.50. The summed E-state index contributed by atoms with van der Waals surface area (Å²) in [6, 6.07) is 15.0. The Morgan fingerprint density at radius 2 is 1.65 bits per heavy atom. The van der Waals surface area contributed by atoms with Crippen molar-refractivity contribution in [2.24, 2.45) is 5.92 Å². The number of aromatic nitrogens is 2. The minimum absolute atomic E-state index is 0.0693. The van der Waals surface area contributed by atoms with Crippen molar-refractivity contribution in [2.75, 3.05) is 31.1 Å². The molecule has 6 N–H and O–H groups in total. The summed E-state index contributed by atoms with van der Waals surface area (Å²) < 4.78 is 5.75. The average Bonchev–Trinajstić information content (AvgIpc) is 2.93. The van der Waals surface area contributed by atoms with E-state index < -0.39 is 17.6 Å². The van der Waals surface area contributed by atoms with Crippen molar-refractivity contribution in [1.29, 1.82) is 0 Å². The van der Waals surface area contributed by atoms with Crippen LogP contribution in [0.4, 0.5) is 16.4 Å². The van der Waals surface area contributed by atoms with E-state index in [0.717, 1.165) is 16.7 Å². The van der Waals surface area contributed by atoms with Crippen molar-refractivity contribution in [3.63, 3.8) is 0 Å². The van der Waals surface area contributed by atoms with E-state index in [0.29, 0.717) is 18.5 Å². The normalized spacial score (nSPS) is 11.9. The first-order valence-corrected chi connectivity index (χ1v) is 14.4. The van der Waals surface area contributed by atoms with Crippen LogP contribution in [-0.2, 0) is 17.7 Å². The fraction of sp³-hybridized carbons (Fsp3) is 0.387. The van der Waals surface area contributed by atoms with Gasteiger partial charge in [-0.2, -0.15) is 0 Å². The SMILES string of the molecule is CCNC(=O)c1ccc(CN(CC(CNC(=O)c2nc(Cl)c(N)nc2N)Cc2ccccc2C)C(=O)OC(C)(C)C)cc1. The van der Waals surface area contributed by atoms with Gasteiger partial charge in [0.25, 0.3) is 11.8 Å². The van der Waals surface area contributed by atoms with Gasteiger partial charge in [0.2, 0.25) is 0 Å². The number of aryl methyl sites for hydroxylation is 1. The highest BCUT2D eigenvalue weighted by Crippen LogP contribution is 2.20. The van der Waals surface area contributed by atoms with Crippen LogP contribution in [-0.4, -0.2) is 58.0 Å². The third-order valence-corrected chi connectivity index (χ3v) is 6.78. The van der Waals surface area contributed by atoms with Gasteiger partial charge in [0.05, 0.1) is 0 Å². The van der Waals surface area contributed by atoms with Crippen molar-refractivity contribution in [2.45, 2.75) is 53.2 Å². The standard InChI is InChI=1S/C31H40ClN7O4/c1-6-35-28(40)22-13-11-20(12-14-22)17-39(30(42)43-31(3,4)5)18-21(15-23-10-8-7-9-19(23)2)16-36-29(41)24-26(33)38-27(34)25(32)37-24/h7-14,21H,6,15-18H2,1-5H3,(H,35,40)(H,36,41)(H4,33,34,38). The highest BCUT2D eigenvalue weighted by Gasteiger charge is 2.26. The van der Waals surface area contributed by atoms with E-state index in [9.17, 15) is 14.4 Å². The minimum Gasteiger partial charge on any atom is -0.444 e. The molecule has 2 aromatic carbocycles. The van der Waals surface area contributed by atoms with Crippen LogP contribution in [0.25, 0.3) is 0 Å². The number of carbonyl (C=O) groups is 3. The molecular weight excluding hydrogens is 570 g/mol. The third kappa shape index (κ3) is 9.85. The van der Waals surface area contributed by atoms with Gasteiger partial charge in [0, 0.05) is 31.7 Å². The van der Waals surface area contributed by atoms with Crippen LogP contribution >= 0.6 is 11.6 Å². The predicted molar refractivity (Wildman–Crippen MR) is 168 cm³/mol. The summed E-state index contributed by atoms with van der Waals surface area (Å²) in [6.07, 6.45) is 0.0632. The molecule has 0 spiro atoms. The van der Waals surface area contributed by atoms with Gasteiger partial charge >= 0.3 is 6.09 Å². The number of nitrogens with two attached hydrogens (primary N) is 2. The summed E-state index contributed by atoms with van der Waals surface area (Å²) >= 11 is 5.98. The molecule has 3 amide bonds. The Hall–Kier alpha value is -4.38. The Balaban J connectivity index is 1.88. The second-order valence-electron chi connectivity index (χ2n) is 11.3. The van der Waals surface area contributed by atoms with E-state index in [-0.39, 0.29) is 53.9 Å². The van der Waals surface area contributed by atoms with E-state index >= 15 is 0 Å². The molecule has 0 aliphatic rings. The first-order valence-electron chi connectivity index (χ1n) is 14.0. The Labute approximate surface area is 257 Å². The number of nitrogens with zero attached hydrogens (tertiary/aromatic N) is 3. The van der Waals surface area contributed by atoms with Gasteiger partial charge in [-0.3, -0.25) is 9.59 Å². The van der Waals surface area contributed by atoms with Gasteiger partial charge in [-0.25, -0.2) is 14.8 Å². The number of anilines is 2. The van der Waals surface area contributed by atoms with Crippen molar-refractivity contribution >= 4 is 41.1 Å². The molecular formula is C31H40ClN7O4. The lowest BCUT2D eigenvalue weighted by Gasteiger charge is -2.31. The number of rotatable bonds is 11. The number of hydrogen-bond donors (Lipinski definition) is 4. The lowest BCUT2D eigenvalue weighted by Crippen LogP contribution is -2.42. The molecule has 43 heavy (non-hydrogen) atoms. The molecule has 0 aliphatic carbocycles. The van der Waals surface area contributed by atoms with Crippen molar-refractivity contribution in [3.05, 3.63) is 81.6 Å². The monoisotopic (exact) mass is 609 g/mol. The fourth-order valence-corrected chi connectivity index (χ4v) is 4.49. The largest absolute Gasteiger partial charge is 0.444 e. The second kappa shape index (κ2) is 14.7. The number of amides is 3. The van der Waals surface area contributed by atoms with Gasteiger partial charge in [-0.1, -0.05) is 48.0 Å². The number of ether oxygens (including phenoxy) is 1. The molecule has 3 aromatic rings. The summed E-state index contributed by atoms with van der Waals surface area (Å²) in [5, 5.41) is 5.53. The number of hydrogen-bond acceptors (Lipinski definition) is 8. The molecule has 1 atom stereocenters. The molecule has 12 heteroatoms. The van der Waals surface area contributed by atoms with Crippen LogP contribution in [0.5, 0.6) is 0 Å². The van der Waals surface area contributed by atoms with Crippen molar-refractivity contribution in [3.8, 4) is 0 Å². The number of halogens is 1. The van der Waals surface area contributed by atoms with Gasteiger partial charge in [-0.05, 0) is 75.8 Å². The van der Waals surface area contributed by atoms with Crippen molar-refractivity contribution in [1.82, 2.24) is 25.5 Å². The van der Waals surface area contributed by atoms with E-state index in [2.05, 4.69) is 20.6 Å². The van der Waals surface area contributed by atoms with Gasteiger partial charge in [-0.15, -0.1) is 0 Å². The molecule has 0 fully saturated rings. The molecule has 11 nitrogen and oxygen atoms in total. The quantitative estimate of drug-likeness (QED) is 0.249. The molecule has 0 bridgehead atoms. The first-order chi connectivity index (χ1) is 20.3. The lowest BCUT2D eigenvalue weighted by molar-refractivity contribution is 0.0202. The maximum atomic E-state index is 13.4. The number of nitrogens with one attached hydrogen (secondary N) is 2. The molecule has 0 saturated heterocycles. The maximum absolute atomic E-state index is 13.4. The fourth-order valence-electron chi connectivity index (χ4n) is 4.37. The average molecular weight is 610 g/mol. The van der Waals surface area contributed by atoms with E-state index in [1.807, 2.05) is 50.2 Å². The number of carbonyl (C=O) groups excluding carboxylic acids is 3.